The summed E-state index contributed by atoms with van der Waals surface area (Å²) in [6, 6.07) is 10.3. The van der Waals surface area contributed by atoms with Gasteiger partial charge in [-0.2, -0.15) is 0 Å². The first-order valence-corrected chi connectivity index (χ1v) is 8.97. The van der Waals surface area contributed by atoms with Crippen LogP contribution in [0.5, 0.6) is 5.75 Å². The second kappa shape index (κ2) is 7.72. The third-order valence-electron chi connectivity index (χ3n) is 5.11. The smallest absolute Gasteiger partial charge is 0.248 e. The Morgan fingerprint density at radius 1 is 1.21 bits per heavy atom. The molecule has 0 spiro atoms. The molecular formula is C21H23N3O4. The molecular weight excluding hydrogens is 358 g/mol. The van der Waals surface area contributed by atoms with E-state index in [0.29, 0.717) is 18.0 Å². The highest BCUT2D eigenvalue weighted by atomic mass is 16.5. The highest BCUT2D eigenvalue weighted by Gasteiger charge is 2.36. The summed E-state index contributed by atoms with van der Waals surface area (Å²) in [7, 11) is 1.44. The fourth-order valence-electron chi connectivity index (χ4n) is 3.33. The van der Waals surface area contributed by atoms with Crippen LogP contribution in [0.1, 0.15) is 27.9 Å². The molecule has 0 aromatic heterocycles. The number of ether oxygens (including phenoxy) is 1. The molecule has 7 nitrogen and oxygen atoms in total. The van der Waals surface area contributed by atoms with Crippen molar-refractivity contribution in [2.24, 2.45) is 11.7 Å². The van der Waals surface area contributed by atoms with Gasteiger partial charge in [0.05, 0.1) is 18.7 Å². The van der Waals surface area contributed by atoms with Gasteiger partial charge in [-0.05, 0) is 49.2 Å². The van der Waals surface area contributed by atoms with E-state index in [1.165, 1.54) is 19.2 Å². The molecule has 3 N–H and O–H groups in total. The van der Waals surface area contributed by atoms with Gasteiger partial charge in [0.15, 0.2) is 0 Å². The minimum absolute atomic E-state index is 0.0788. The molecule has 146 valence electrons. The highest BCUT2D eigenvalue weighted by molar-refractivity contribution is 6.04. The van der Waals surface area contributed by atoms with Crippen molar-refractivity contribution in [1.29, 1.82) is 0 Å². The van der Waals surface area contributed by atoms with Crippen LogP contribution in [0.15, 0.2) is 36.4 Å². The Bertz CT molecular complexity index is 955. The first-order chi connectivity index (χ1) is 13.3. The minimum atomic E-state index is -0.582. The fourth-order valence-corrected chi connectivity index (χ4v) is 3.33. The molecule has 28 heavy (non-hydrogen) atoms. The van der Waals surface area contributed by atoms with Gasteiger partial charge >= 0.3 is 0 Å². The van der Waals surface area contributed by atoms with E-state index in [1.54, 1.807) is 11.0 Å². The van der Waals surface area contributed by atoms with Crippen LogP contribution >= 0.6 is 0 Å². The average molecular weight is 381 g/mol. The van der Waals surface area contributed by atoms with E-state index in [0.717, 1.165) is 16.8 Å². The van der Waals surface area contributed by atoms with Crippen molar-refractivity contribution in [3.05, 3.63) is 53.1 Å². The fraction of sp³-hybridized carbons (Fsp3) is 0.286. The molecule has 1 atom stereocenters. The van der Waals surface area contributed by atoms with Crippen LogP contribution in [0.4, 0.5) is 11.4 Å². The van der Waals surface area contributed by atoms with Crippen molar-refractivity contribution in [2.75, 3.05) is 23.9 Å². The Balaban J connectivity index is 1.77. The molecule has 1 aliphatic heterocycles. The van der Waals surface area contributed by atoms with E-state index in [2.05, 4.69) is 5.32 Å². The lowest BCUT2D eigenvalue weighted by Gasteiger charge is -2.20. The Morgan fingerprint density at radius 3 is 2.64 bits per heavy atom. The zero-order valence-corrected chi connectivity index (χ0v) is 16.1. The summed E-state index contributed by atoms with van der Waals surface area (Å²) in [5, 5.41) is 2.79. The van der Waals surface area contributed by atoms with Gasteiger partial charge in [0, 0.05) is 24.2 Å². The van der Waals surface area contributed by atoms with Crippen LogP contribution in [0.25, 0.3) is 0 Å². The number of nitrogens with two attached hydrogens (primary N) is 1. The Labute approximate surface area is 163 Å². The molecule has 1 aliphatic rings. The number of rotatable bonds is 5. The van der Waals surface area contributed by atoms with E-state index < -0.39 is 11.8 Å². The maximum absolute atomic E-state index is 12.7. The molecule has 3 amide bonds. The number of carbonyl (C=O) groups excluding carboxylic acids is 3. The van der Waals surface area contributed by atoms with Gasteiger partial charge < -0.3 is 20.7 Å². The lowest BCUT2D eigenvalue weighted by atomic mass is 10.1. The molecule has 0 bridgehead atoms. The molecule has 3 rings (SSSR count). The summed E-state index contributed by atoms with van der Waals surface area (Å²) in [4.78, 5) is 38.2. The van der Waals surface area contributed by atoms with Crippen LogP contribution in [-0.4, -0.2) is 31.4 Å². The minimum Gasteiger partial charge on any atom is -0.495 e. The van der Waals surface area contributed by atoms with Gasteiger partial charge in [-0.15, -0.1) is 0 Å². The van der Waals surface area contributed by atoms with Crippen molar-refractivity contribution in [2.45, 2.75) is 20.3 Å². The summed E-state index contributed by atoms with van der Waals surface area (Å²) in [5.41, 5.74) is 8.94. The zero-order valence-electron chi connectivity index (χ0n) is 16.1. The first-order valence-electron chi connectivity index (χ1n) is 8.97. The number of hydrogen-bond acceptors (Lipinski definition) is 4. The van der Waals surface area contributed by atoms with E-state index >= 15 is 0 Å². The Morgan fingerprint density at radius 2 is 1.96 bits per heavy atom. The van der Waals surface area contributed by atoms with E-state index in [4.69, 9.17) is 10.5 Å². The molecule has 2 aromatic rings. The molecule has 0 aliphatic carbocycles. The summed E-state index contributed by atoms with van der Waals surface area (Å²) < 4.78 is 5.24. The molecule has 1 saturated heterocycles. The Kier molecular flexibility index (Phi) is 5.35. The second-order valence-electron chi connectivity index (χ2n) is 6.89. The number of carbonyl (C=O) groups is 3. The summed E-state index contributed by atoms with van der Waals surface area (Å²) in [5.74, 6) is -1.08. The maximum atomic E-state index is 12.7. The van der Waals surface area contributed by atoms with Gasteiger partial charge in [0.25, 0.3) is 0 Å². The molecule has 7 heteroatoms. The molecule has 1 heterocycles. The predicted molar refractivity (Wildman–Crippen MR) is 107 cm³/mol. The van der Waals surface area contributed by atoms with Gasteiger partial charge in [-0.3, -0.25) is 14.4 Å². The second-order valence-corrected chi connectivity index (χ2v) is 6.89. The number of anilines is 2. The summed E-state index contributed by atoms with van der Waals surface area (Å²) >= 11 is 0. The number of amides is 3. The zero-order chi connectivity index (χ0) is 20.4. The molecule has 2 aromatic carbocycles. The van der Waals surface area contributed by atoms with Gasteiger partial charge in [0.2, 0.25) is 17.7 Å². The topological polar surface area (TPSA) is 102 Å². The van der Waals surface area contributed by atoms with E-state index in [1.807, 2.05) is 32.0 Å². The molecule has 1 fully saturated rings. The Hall–Kier alpha value is -3.35. The number of hydrogen-bond donors (Lipinski definition) is 2. The average Bonchev–Trinajstić information content (AvgIpc) is 3.05. The molecule has 1 unspecified atom stereocenters. The lowest BCUT2D eigenvalue weighted by Crippen LogP contribution is -2.28. The summed E-state index contributed by atoms with van der Waals surface area (Å²) in [6.45, 7) is 4.28. The number of nitrogens with one attached hydrogen (secondary N) is 1. The van der Waals surface area contributed by atoms with Crippen LogP contribution in [0, 0.1) is 19.8 Å². The van der Waals surface area contributed by atoms with Crippen molar-refractivity contribution in [3.8, 4) is 5.75 Å². The predicted octanol–water partition coefficient (Wildman–Crippen LogP) is 2.40. The summed E-state index contributed by atoms with van der Waals surface area (Å²) in [6.07, 6.45) is 0.140. The standard InChI is InChI=1S/C21H23N3O4/c1-12-5-4-6-17(13(12)2)24-11-15(10-19(24)25)21(27)23-16-8-7-14(20(22)26)9-18(16)28-3/h4-9,15H,10-11H2,1-3H3,(H2,22,26)(H,23,27). The van der Waals surface area contributed by atoms with Gasteiger partial charge in [0.1, 0.15) is 5.75 Å². The highest BCUT2D eigenvalue weighted by Crippen LogP contribution is 2.31. The quantitative estimate of drug-likeness (QED) is 0.830. The molecule has 0 saturated carbocycles. The van der Waals surface area contributed by atoms with Gasteiger partial charge in [-0.1, -0.05) is 12.1 Å². The van der Waals surface area contributed by atoms with Crippen LogP contribution in [-0.2, 0) is 9.59 Å². The third kappa shape index (κ3) is 3.69. The van der Waals surface area contributed by atoms with E-state index in [-0.39, 0.29) is 23.8 Å². The van der Waals surface area contributed by atoms with Crippen molar-refractivity contribution in [1.82, 2.24) is 0 Å². The van der Waals surface area contributed by atoms with E-state index in [9.17, 15) is 14.4 Å². The first kappa shape index (κ1) is 19.4. The number of primary amides is 1. The number of aryl methyl sites for hydroxylation is 1. The largest absolute Gasteiger partial charge is 0.495 e. The van der Waals surface area contributed by atoms with Crippen LogP contribution in [0.3, 0.4) is 0 Å². The normalized spacial score (nSPS) is 16.2. The number of methoxy groups -OCH3 is 1. The molecule has 0 radical (unpaired) electrons. The van der Waals surface area contributed by atoms with Crippen molar-refractivity contribution < 1.29 is 19.1 Å². The monoisotopic (exact) mass is 381 g/mol. The van der Waals surface area contributed by atoms with Crippen LogP contribution < -0.4 is 20.7 Å². The van der Waals surface area contributed by atoms with Gasteiger partial charge in [-0.25, -0.2) is 0 Å². The lowest BCUT2D eigenvalue weighted by molar-refractivity contribution is -0.122. The maximum Gasteiger partial charge on any atom is 0.248 e. The van der Waals surface area contributed by atoms with Crippen molar-refractivity contribution in [3.63, 3.8) is 0 Å². The number of nitrogens with zero attached hydrogens (tertiary/aromatic N) is 1. The third-order valence-corrected chi connectivity index (χ3v) is 5.11. The van der Waals surface area contributed by atoms with Crippen LogP contribution in [0.2, 0.25) is 0 Å². The van der Waals surface area contributed by atoms with Crippen molar-refractivity contribution >= 4 is 29.1 Å². The number of benzene rings is 2. The SMILES string of the molecule is COc1cc(C(N)=O)ccc1NC(=O)C1CC(=O)N(c2cccc(C)c2C)C1.